The maximum Gasteiger partial charge on any atom is 0.220 e. The zero-order valence-electron chi connectivity index (χ0n) is 11.3. The minimum absolute atomic E-state index is 0.0910. The van der Waals surface area contributed by atoms with Crippen molar-refractivity contribution in [3.8, 4) is 0 Å². The van der Waals surface area contributed by atoms with Crippen LogP contribution in [0.15, 0.2) is 0 Å². The molecule has 2 aliphatic rings. The van der Waals surface area contributed by atoms with Crippen LogP contribution >= 0.6 is 0 Å². The van der Waals surface area contributed by atoms with Crippen molar-refractivity contribution in [2.45, 2.75) is 49.6 Å². The number of aliphatic hydroxyl groups is 2. The number of carbonyl (C=O) groups excluding carboxylic acids is 1. The predicted molar refractivity (Wildman–Crippen MR) is 72.3 cm³/mol. The average Bonchev–Trinajstić information content (AvgIpc) is 2.89. The molecule has 2 saturated heterocycles. The number of hydrogen-bond donors (Lipinski definition) is 3. The Labute approximate surface area is 121 Å². The van der Waals surface area contributed by atoms with Gasteiger partial charge in [-0.1, -0.05) is 0 Å². The summed E-state index contributed by atoms with van der Waals surface area (Å²) >= 11 is 0. The van der Waals surface area contributed by atoms with Crippen molar-refractivity contribution in [2.24, 2.45) is 5.92 Å². The summed E-state index contributed by atoms with van der Waals surface area (Å²) in [6, 6.07) is -0.908. The van der Waals surface area contributed by atoms with Crippen molar-refractivity contribution in [1.29, 1.82) is 0 Å². The minimum Gasteiger partial charge on any atom is -0.394 e. The van der Waals surface area contributed by atoms with E-state index >= 15 is 0 Å². The average molecular weight is 279 g/mol. The SMILES string of the molecule is [B][C@H]1CC(O)[C@@H](CNC(=O)CC2C[C@H]([B])O[C@@H]2CO)O1. The van der Waals surface area contributed by atoms with Gasteiger partial charge in [-0.2, -0.15) is 0 Å². The summed E-state index contributed by atoms with van der Waals surface area (Å²) in [7, 11) is 11.2. The molecule has 2 aliphatic heterocycles. The molecule has 0 aromatic rings. The Morgan fingerprint density at radius 2 is 1.85 bits per heavy atom. The van der Waals surface area contributed by atoms with Crippen molar-refractivity contribution >= 4 is 21.6 Å². The number of amides is 1. The molecule has 4 radical (unpaired) electrons. The summed E-state index contributed by atoms with van der Waals surface area (Å²) in [6.07, 6.45) is -0.362. The van der Waals surface area contributed by atoms with Crippen LogP contribution in [0.3, 0.4) is 0 Å². The molecule has 0 aromatic heterocycles. The molecule has 0 bridgehead atoms. The lowest BCUT2D eigenvalue weighted by Gasteiger charge is -2.18. The second kappa shape index (κ2) is 6.93. The lowest BCUT2D eigenvalue weighted by atomic mass is 9.89. The van der Waals surface area contributed by atoms with Crippen LogP contribution in [0, 0.1) is 5.92 Å². The van der Waals surface area contributed by atoms with E-state index in [2.05, 4.69) is 5.32 Å². The first-order valence-corrected chi connectivity index (χ1v) is 6.87. The topological polar surface area (TPSA) is 88.0 Å². The third kappa shape index (κ3) is 3.97. The second-order valence-corrected chi connectivity index (χ2v) is 5.42. The van der Waals surface area contributed by atoms with Crippen molar-refractivity contribution in [3.63, 3.8) is 0 Å². The molecule has 1 amide bonds. The summed E-state index contributed by atoms with van der Waals surface area (Å²) < 4.78 is 10.6. The predicted octanol–water partition coefficient (Wildman–Crippen LogP) is -1.97. The lowest BCUT2D eigenvalue weighted by Crippen LogP contribution is -2.38. The lowest BCUT2D eigenvalue weighted by molar-refractivity contribution is -0.123. The van der Waals surface area contributed by atoms with Gasteiger partial charge < -0.3 is 25.0 Å². The monoisotopic (exact) mass is 279 g/mol. The molecule has 6 nitrogen and oxygen atoms in total. The molecule has 0 aliphatic carbocycles. The number of carbonyl (C=O) groups is 1. The molecule has 6 atom stereocenters. The quantitative estimate of drug-likeness (QED) is 0.508. The van der Waals surface area contributed by atoms with Gasteiger partial charge in [-0.25, -0.2) is 0 Å². The maximum absolute atomic E-state index is 11.9. The van der Waals surface area contributed by atoms with Crippen molar-refractivity contribution in [1.82, 2.24) is 5.32 Å². The molecule has 108 valence electrons. The van der Waals surface area contributed by atoms with Crippen LogP contribution in [0.1, 0.15) is 19.3 Å². The number of hydrogen-bond acceptors (Lipinski definition) is 5. The van der Waals surface area contributed by atoms with Gasteiger partial charge in [0.25, 0.3) is 0 Å². The molecule has 2 rings (SSSR count). The van der Waals surface area contributed by atoms with Crippen LogP contribution in [0.2, 0.25) is 0 Å². The Morgan fingerprint density at radius 3 is 2.45 bits per heavy atom. The highest BCUT2D eigenvalue weighted by Gasteiger charge is 2.34. The molecule has 0 spiro atoms. The molecule has 2 unspecified atom stereocenters. The Hall–Kier alpha value is -0.560. The Bertz CT molecular complexity index is 346. The van der Waals surface area contributed by atoms with E-state index in [0.717, 1.165) is 0 Å². The first-order chi connectivity index (χ1) is 9.49. The third-order valence-corrected chi connectivity index (χ3v) is 3.79. The number of rotatable bonds is 5. The van der Waals surface area contributed by atoms with E-state index in [1.165, 1.54) is 0 Å². The minimum atomic E-state index is -0.654. The molecular weight excluding hydrogens is 260 g/mol. The molecule has 0 saturated carbocycles. The molecule has 3 N–H and O–H groups in total. The molecule has 20 heavy (non-hydrogen) atoms. The zero-order valence-corrected chi connectivity index (χ0v) is 11.3. The molecule has 2 heterocycles. The highest BCUT2D eigenvalue weighted by Crippen LogP contribution is 2.27. The largest absolute Gasteiger partial charge is 0.394 e. The van der Waals surface area contributed by atoms with Crippen molar-refractivity contribution < 1.29 is 24.5 Å². The fourth-order valence-corrected chi connectivity index (χ4v) is 2.72. The van der Waals surface area contributed by atoms with Crippen molar-refractivity contribution in [3.05, 3.63) is 0 Å². The van der Waals surface area contributed by atoms with E-state index < -0.39 is 30.3 Å². The molecule has 2 fully saturated rings. The summed E-state index contributed by atoms with van der Waals surface area (Å²) in [4.78, 5) is 11.9. The summed E-state index contributed by atoms with van der Waals surface area (Å²) in [5.41, 5.74) is 0. The van der Waals surface area contributed by atoms with Crippen LogP contribution in [-0.2, 0) is 14.3 Å². The number of nitrogens with one attached hydrogen (secondary N) is 1. The van der Waals surface area contributed by atoms with E-state index in [9.17, 15) is 9.90 Å². The van der Waals surface area contributed by atoms with E-state index in [1.807, 2.05) is 0 Å². The Balaban J connectivity index is 1.73. The smallest absolute Gasteiger partial charge is 0.220 e. The van der Waals surface area contributed by atoms with Gasteiger partial charge in [-0.15, -0.1) is 0 Å². The fraction of sp³-hybridized carbons (Fsp3) is 0.917. The van der Waals surface area contributed by atoms with Crippen LogP contribution in [0.25, 0.3) is 0 Å². The number of aliphatic hydroxyl groups excluding tert-OH is 2. The molecule has 0 aromatic carbocycles. The highest BCUT2D eigenvalue weighted by molar-refractivity contribution is 6.11. The van der Waals surface area contributed by atoms with Crippen LogP contribution < -0.4 is 5.32 Å². The van der Waals surface area contributed by atoms with Gasteiger partial charge in [0.1, 0.15) is 15.7 Å². The summed E-state index contributed by atoms with van der Waals surface area (Å²) in [6.45, 7) is 0.0715. The third-order valence-electron chi connectivity index (χ3n) is 3.79. The van der Waals surface area contributed by atoms with E-state index in [1.54, 1.807) is 0 Å². The molecule has 8 heteroatoms. The van der Waals surface area contributed by atoms with Crippen LogP contribution in [0.5, 0.6) is 0 Å². The van der Waals surface area contributed by atoms with E-state index in [4.69, 9.17) is 30.3 Å². The highest BCUT2D eigenvalue weighted by atomic mass is 16.5. The molecular formula is C12H19B2NO5. The van der Waals surface area contributed by atoms with Gasteiger partial charge in [-0.05, 0) is 18.8 Å². The fourth-order valence-electron chi connectivity index (χ4n) is 2.72. The van der Waals surface area contributed by atoms with Gasteiger partial charge in [0.15, 0.2) is 0 Å². The normalized spacial score (nSPS) is 40.9. The van der Waals surface area contributed by atoms with E-state index in [-0.39, 0.29) is 31.4 Å². The Kier molecular flexibility index (Phi) is 5.49. The van der Waals surface area contributed by atoms with Gasteiger partial charge >= 0.3 is 0 Å². The van der Waals surface area contributed by atoms with Gasteiger partial charge in [0.2, 0.25) is 5.91 Å². The number of ether oxygens (including phenoxy) is 2. The first kappa shape index (κ1) is 15.8. The Morgan fingerprint density at radius 1 is 1.20 bits per heavy atom. The standard InChI is InChI=1S/C12H19B2NO5/c13-10-1-6(9(5-16)20-10)2-12(18)15-4-8-7(17)3-11(14)19-8/h6-11,16-17H,1-5H2,(H,15,18)/t6?,7?,8-,9-,10-,11-/m1/s1. The van der Waals surface area contributed by atoms with Gasteiger partial charge in [0.05, 0.1) is 24.9 Å². The maximum atomic E-state index is 11.9. The summed E-state index contributed by atoms with van der Waals surface area (Å²) in [5.74, 6) is -0.269. The summed E-state index contributed by atoms with van der Waals surface area (Å²) in [5, 5.41) is 21.5. The van der Waals surface area contributed by atoms with Crippen LogP contribution in [-0.4, -0.2) is 75.3 Å². The zero-order chi connectivity index (χ0) is 14.7. The van der Waals surface area contributed by atoms with Crippen LogP contribution in [0.4, 0.5) is 0 Å². The van der Waals surface area contributed by atoms with Gasteiger partial charge in [0, 0.05) is 25.0 Å². The van der Waals surface area contributed by atoms with Gasteiger partial charge in [-0.3, -0.25) is 4.79 Å². The van der Waals surface area contributed by atoms with Crippen molar-refractivity contribution in [2.75, 3.05) is 13.2 Å². The second-order valence-electron chi connectivity index (χ2n) is 5.42. The first-order valence-electron chi connectivity index (χ1n) is 6.87. The van der Waals surface area contributed by atoms with E-state index in [0.29, 0.717) is 12.8 Å².